The first-order chi connectivity index (χ1) is 12.8. The van der Waals surface area contributed by atoms with E-state index in [-0.39, 0.29) is 18.8 Å². The normalized spacial score (nSPS) is 18.9. The van der Waals surface area contributed by atoms with Gasteiger partial charge in [0.2, 0.25) is 12.7 Å². The van der Waals surface area contributed by atoms with E-state index >= 15 is 0 Å². The van der Waals surface area contributed by atoms with E-state index in [2.05, 4.69) is 4.98 Å². The minimum atomic E-state index is -0.00862. The molecule has 6 nitrogen and oxygen atoms in total. The molecule has 0 aliphatic carbocycles. The number of carbonyl (C=O) groups excluding carboxylic acids is 1. The van der Waals surface area contributed by atoms with E-state index in [1.165, 1.54) is 0 Å². The number of ether oxygens (including phenoxy) is 3. The fourth-order valence-corrected chi connectivity index (χ4v) is 3.13. The van der Waals surface area contributed by atoms with Crippen LogP contribution in [0.15, 0.2) is 48.8 Å². The van der Waals surface area contributed by atoms with Crippen molar-refractivity contribution in [3.8, 4) is 17.2 Å². The number of pyridine rings is 1. The van der Waals surface area contributed by atoms with Crippen molar-refractivity contribution in [3.05, 3.63) is 54.4 Å². The number of nitrogens with zero attached hydrogens (tertiary/aromatic N) is 2. The van der Waals surface area contributed by atoms with Gasteiger partial charge in [0.05, 0.1) is 6.54 Å². The first-order valence-electron chi connectivity index (χ1n) is 8.71. The Kier molecular flexibility index (Phi) is 4.73. The molecule has 2 aliphatic rings. The maximum Gasteiger partial charge on any atom is 0.246 e. The van der Waals surface area contributed by atoms with Gasteiger partial charge in [0.15, 0.2) is 11.5 Å². The van der Waals surface area contributed by atoms with Crippen LogP contribution in [-0.4, -0.2) is 41.8 Å². The number of hydrogen-bond acceptors (Lipinski definition) is 5. The average molecular weight is 352 g/mol. The molecule has 1 aromatic heterocycles. The molecule has 4 rings (SSSR count). The maximum absolute atomic E-state index is 12.5. The number of benzene rings is 1. The summed E-state index contributed by atoms with van der Waals surface area (Å²) in [5.74, 6) is 2.23. The van der Waals surface area contributed by atoms with Gasteiger partial charge in [0, 0.05) is 25.0 Å². The largest absolute Gasteiger partial charge is 0.488 e. The standard InChI is InChI=1S/C20H20N2O4/c23-20(6-4-15-3-5-18-19(12-15)25-14-24-18)22-11-1-2-17(13-22)26-16-7-9-21-10-8-16/h3-10,12,17H,1-2,11,13-14H2/b6-4+. The van der Waals surface area contributed by atoms with Crippen LogP contribution in [0.2, 0.25) is 0 Å². The number of likely N-dealkylation sites (tertiary alicyclic amines) is 1. The van der Waals surface area contributed by atoms with E-state index in [1.54, 1.807) is 24.5 Å². The molecule has 1 atom stereocenters. The molecule has 1 fully saturated rings. The first-order valence-corrected chi connectivity index (χ1v) is 8.71. The highest BCUT2D eigenvalue weighted by atomic mass is 16.7. The van der Waals surface area contributed by atoms with Gasteiger partial charge in [-0.3, -0.25) is 9.78 Å². The molecule has 0 bridgehead atoms. The predicted octanol–water partition coefficient (Wildman–Crippen LogP) is 2.89. The second-order valence-electron chi connectivity index (χ2n) is 6.30. The van der Waals surface area contributed by atoms with Crippen molar-refractivity contribution >= 4 is 12.0 Å². The topological polar surface area (TPSA) is 60.9 Å². The number of aromatic nitrogens is 1. The van der Waals surface area contributed by atoms with Crippen LogP contribution in [0.1, 0.15) is 18.4 Å². The molecule has 2 aliphatic heterocycles. The zero-order chi connectivity index (χ0) is 17.8. The fourth-order valence-electron chi connectivity index (χ4n) is 3.13. The number of amides is 1. The summed E-state index contributed by atoms with van der Waals surface area (Å²) in [5, 5.41) is 0. The zero-order valence-corrected chi connectivity index (χ0v) is 14.3. The number of piperidine rings is 1. The van der Waals surface area contributed by atoms with Crippen LogP contribution in [0, 0.1) is 0 Å². The molecule has 0 saturated carbocycles. The monoisotopic (exact) mass is 352 g/mol. The third-order valence-electron chi connectivity index (χ3n) is 4.46. The molecule has 26 heavy (non-hydrogen) atoms. The summed E-state index contributed by atoms with van der Waals surface area (Å²) >= 11 is 0. The smallest absolute Gasteiger partial charge is 0.246 e. The lowest BCUT2D eigenvalue weighted by atomic mass is 10.1. The molecule has 1 aromatic carbocycles. The Morgan fingerprint density at radius 1 is 1.19 bits per heavy atom. The number of carbonyl (C=O) groups is 1. The van der Waals surface area contributed by atoms with E-state index in [4.69, 9.17) is 14.2 Å². The summed E-state index contributed by atoms with van der Waals surface area (Å²) in [6.45, 7) is 1.58. The second-order valence-corrected chi connectivity index (χ2v) is 6.30. The Balaban J connectivity index is 1.36. The number of hydrogen-bond donors (Lipinski definition) is 0. The molecule has 1 amide bonds. The fraction of sp³-hybridized carbons (Fsp3) is 0.300. The van der Waals surface area contributed by atoms with Crippen molar-refractivity contribution in [3.63, 3.8) is 0 Å². The van der Waals surface area contributed by atoms with Crippen molar-refractivity contribution < 1.29 is 19.0 Å². The van der Waals surface area contributed by atoms with E-state index in [0.717, 1.165) is 36.4 Å². The van der Waals surface area contributed by atoms with E-state index < -0.39 is 0 Å². The van der Waals surface area contributed by atoms with Crippen LogP contribution in [0.25, 0.3) is 6.08 Å². The molecular weight excluding hydrogens is 332 g/mol. The van der Waals surface area contributed by atoms with Gasteiger partial charge in [-0.2, -0.15) is 0 Å². The van der Waals surface area contributed by atoms with Gasteiger partial charge in [-0.15, -0.1) is 0 Å². The lowest BCUT2D eigenvalue weighted by Gasteiger charge is -2.32. The van der Waals surface area contributed by atoms with Crippen molar-refractivity contribution in [2.24, 2.45) is 0 Å². The third kappa shape index (κ3) is 3.79. The molecule has 1 saturated heterocycles. The number of rotatable bonds is 4. The van der Waals surface area contributed by atoms with Gasteiger partial charge in [0.25, 0.3) is 0 Å². The molecule has 1 unspecified atom stereocenters. The third-order valence-corrected chi connectivity index (χ3v) is 4.46. The van der Waals surface area contributed by atoms with Gasteiger partial charge in [-0.25, -0.2) is 0 Å². The second kappa shape index (κ2) is 7.47. The van der Waals surface area contributed by atoms with Gasteiger partial charge >= 0.3 is 0 Å². The van der Waals surface area contributed by atoms with Crippen LogP contribution in [0.5, 0.6) is 17.2 Å². The predicted molar refractivity (Wildman–Crippen MR) is 96.1 cm³/mol. The lowest BCUT2D eigenvalue weighted by molar-refractivity contribution is -0.128. The molecule has 6 heteroatoms. The van der Waals surface area contributed by atoms with Crippen LogP contribution in [0.3, 0.4) is 0 Å². The summed E-state index contributed by atoms with van der Waals surface area (Å²) < 4.78 is 16.6. The summed E-state index contributed by atoms with van der Waals surface area (Å²) in [5.41, 5.74) is 0.907. The SMILES string of the molecule is O=C(/C=C/c1ccc2c(c1)OCO2)N1CCCC(Oc2ccncc2)C1. The summed E-state index contributed by atoms with van der Waals surface area (Å²) in [6, 6.07) is 9.30. The molecule has 3 heterocycles. The molecule has 0 spiro atoms. The lowest BCUT2D eigenvalue weighted by Crippen LogP contribution is -2.43. The molecular formula is C20H20N2O4. The summed E-state index contributed by atoms with van der Waals surface area (Å²) in [4.78, 5) is 18.3. The Morgan fingerprint density at radius 3 is 2.92 bits per heavy atom. The van der Waals surface area contributed by atoms with Crippen molar-refractivity contribution in [1.82, 2.24) is 9.88 Å². The van der Waals surface area contributed by atoms with Crippen molar-refractivity contribution in [2.45, 2.75) is 18.9 Å². The average Bonchev–Trinajstić information content (AvgIpc) is 3.15. The highest BCUT2D eigenvalue weighted by Gasteiger charge is 2.23. The van der Waals surface area contributed by atoms with Crippen molar-refractivity contribution in [2.75, 3.05) is 19.9 Å². The van der Waals surface area contributed by atoms with Crippen LogP contribution < -0.4 is 14.2 Å². The van der Waals surface area contributed by atoms with Gasteiger partial charge in [-0.05, 0) is 48.7 Å². The Labute approximate surface area is 152 Å². The van der Waals surface area contributed by atoms with Crippen LogP contribution >= 0.6 is 0 Å². The highest BCUT2D eigenvalue weighted by Crippen LogP contribution is 2.32. The minimum Gasteiger partial charge on any atom is -0.488 e. The van der Waals surface area contributed by atoms with Gasteiger partial charge in [0.1, 0.15) is 11.9 Å². The Morgan fingerprint density at radius 2 is 2.04 bits per heavy atom. The highest BCUT2D eigenvalue weighted by molar-refractivity contribution is 5.92. The van der Waals surface area contributed by atoms with Crippen LogP contribution in [-0.2, 0) is 4.79 Å². The molecule has 0 radical (unpaired) electrons. The molecule has 0 N–H and O–H groups in total. The van der Waals surface area contributed by atoms with E-state index in [9.17, 15) is 4.79 Å². The Hall–Kier alpha value is -3.02. The van der Waals surface area contributed by atoms with Crippen molar-refractivity contribution in [1.29, 1.82) is 0 Å². The quantitative estimate of drug-likeness (QED) is 0.792. The van der Waals surface area contributed by atoms with Gasteiger partial charge < -0.3 is 19.1 Å². The summed E-state index contributed by atoms with van der Waals surface area (Å²) in [6.07, 6.45) is 8.69. The maximum atomic E-state index is 12.5. The minimum absolute atomic E-state index is 0.00837. The van der Waals surface area contributed by atoms with E-state index in [1.807, 2.05) is 35.2 Å². The zero-order valence-electron chi connectivity index (χ0n) is 14.3. The summed E-state index contributed by atoms with van der Waals surface area (Å²) in [7, 11) is 0. The molecule has 134 valence electrons. The van der Waals surface area contributed by atoms with Crippen LogP contribution in [0.4, 0.5) is 0 Å². The number of fused-ring (bicyclic) bond motifs is 1. The van der Waals surface area contributed by atoms with Gasteiger partial charge in [-0.1, -0.05) is 6.07 Å². The Bertz CT molecular complexity index is 807. The first kappa shape index (κ1) is 16.4. The molecule has 2 aromatic rings. The van der Waals surface area contributed by atoms with E-state index in [0.29, 0.717) is 12.3 Å².